The van der Waals surface area contributed by atoms with Crippen LogP contribution in [-0.2, 0) is 13.0 Å². The van der Waals surface area contributed by atoms with Gasteiger partial charge in [0.25, 0.3) is 0 Å². The Bertz CT molecular complexity index is 845. The molecule has 0 atom stereocenters. The van der Waals surface area contributed by atoms with Crippen LogP contribution in [0.15, 0.2) is 46.9 Å². The van der Waals surface area contributed by atoms with E-state index in [4.69, 9.17) is 11.0 Å². The van der Waals surface area contributed by atoms with E-state index in [0.717, 1.165) is 32.6 Å². The van der Waals surface area contributed by atoms with Crippen LogP contribution in [0.4, 0.5) is 0 Å². The number of fused-ring (bicyclic) bond motifs is 1. The Morgan fingerprint density at radius 3 is 2.76 bits per heavy atom. The molecule has 1 aromatic heterocycles. The van der Waals surface area contributed by atoms with Crippen molar-refractivity contribution in [1.29, 1.82) is 5.26 Å². The van der Waals surface area contributed by atoms with Crippen LogP contribution in [0.2, 0.25) is 0 Å². The summed E-state index contributed by atoms with van der Waals surface area (Å²) in [7, 11) is 0. The summed E-state index contributed by atoms with van der Waals surface area (Å²) < 4.78 is 2.95. The molecule has 3 rings (SSSR count). The summed E-state index contributed by atoms with van der Waals surface area (Å²) in [6.45, 7) is 0.495. The number of rotatable bonds is 3. The van der Waals surface area contributed by atoms with Gasteiger partial charge in [-0.1, -0.05) is 18.2 Å². The molecule has 2 N–H and O–H groups in total. The molecule has 2 aromatic carbocycles. The summed E-state index contributed by atoms with van der Waals surface area (Å²) >= 11 is 3.59. The van der Waals surface area contributed by atoms with Gasteiger partial charge in [-0.05, 0) is 45.8 Å². The lowest BCUT2D eigenvalue weighted by Gasteiger charge is -2.11. The van der Waals surface area contributed by atoms with Gasteiger partial charge in [0.1, 0.15) is 5.82 Å². The predicted octanol–water partition coefficient (Wildman–Crippen LogP) is 3.31. The summed E-state index contributed by atoms with van der Waals surface area (Å²) in [5.41, 5.74) is 9.57. The third-order valence-corrected chi connectivity index (χ3v) is 3.99. The van der Waals surface area contributed by atoms with Gasteiger partial charge in [-0.3, -0.25) is 4.57 Å². The van der Waals surface area contributed by atoms with Crippen LogP contribution < -0.4 is 5.73 Å². The molecule has 104 valence electrons. The number of nitrogens with two attached hydrogens (primary N) is 1. The fourth-order valence-electron chi connectivity index (χ4n) is 2.39. The first-order valence-corrected chi connectivity index (χ1v) is 7.36. The zero-order valence-corrected chi connectivity index (χ0v) is 12.8. The van der Waals surface area contributed by atoms with Crippen LogP contribution >= 0.6 is 15.9 Å². The molecule has 0 spiro atoms. The van der Waals surface area contributed by atoms with E-state index in [9.17, 15) is 0 Å². The minimum Gasteiger partial charge on any atom is -0.326 e. The van der Waals surface area contributed by atoms with Crippen molar-refractivity contribution in [3.05, 3.63) is 58.3 Å². The second kappa shape index (κ2) is 5.68. The lowest BCUT2D eigenvalue weighted by atomic mass is 10.2. The number of halogens is 1. The van der Waals surface area contributed by atoms with Gasteiger partial charge in [-0.25, -0.2) is 4.98 Å². The van der Waals surface area contributed by atoms with Gasteiger partial charge in [-0.15, -0.1) is 0 Å². The molecule has 0 saturated carbocycles. The van der Waals surface area contributed by atoms with E-state index >= 15 is 0 Å². The van der Waals surface area contributed by atoms with E-state index in [1.54, 1.807) is 0 Å². The Morgan fingerprint density at radius 1 is 1.24 bits per heavy atom. The smallest absolute Gasteiger partial charge is 0.128 e. The number of aromatic nitrogens is 2. The summed E-state index contributed by atoms with van der Waals surface area (Å²) in [6.07, 6.45) is 0.264. The highest BCUT2D eigenvalue weighted by Crippen LogP contribution is 2.28. The number of nitrogens with zero attached hydrogens (tertiary/aromatic N) is 3. The molecule has 0 bridgehead atoms. The SMILES string of the molecule is N#CCc1nc2ccccc2n1-c1ccc(CN)cc1Br. The van der Waals surface area contributed by atoms with Crippen molar-refractivity contribution >= 4 is 27.0 Å². The van der Waals surface area contributed by atoms with E-state index in [-0.39, 0.29) is 6.42 Å². The molecule has 0 unspecified atom stereocenters. The summed E-state index contributed by atoms with van der Waals surface area (Å²) in [6, 6.07) is 16.0. The number of hydrogen-bond donors (Lipinski definition) is 1. The number of benzene rings is 2. The molecule has 21 heavy (non-hydrogen) atoms. The monoisotopic (exact) mass is 340 g/mol. The summed E-state index contributed by atoms with van der Waals surface area (Å²) in [5, 5.41) is 9.04. The quantitative estimate of drug-likeness (QED) is 0.795. The number of imidazole rings is 1. The predicted molar refractivity (Wildman–Crippen MR) is 86.0 cm³/mol. The Labute approximate surface area is 131 Å². The molecular formula is C16H13BrN4. The molecule has 5 heteroatoms. The molecule has 0 aliphatic rings. The van der Waals surface area contributed by atoms with Gasteiger partial charge < -0.3 is 5.73 Å². The van der Waals surface area contributed by atoms with E-state index in [2.05, 4.69) is 27.0 Å². The minimum absolute atomic E-state index is 0.264. The zero-order valence-electron chi connectivity index (χ0n) is 11.3. The minimum atomic E-state index is 0.264. The third kappa shape index (κ3) is 2.44. The summed E-state index contributed by atoms with van der Waals surface area (Å²) in [4.78, 5) is 4.56. The number of hydrogen-bond acceptors (Lipinski definition) is 3. The molecule has 1 heterocycles. The highest BCUT2D eigenvalue weighted by molar-refractivity contribution is 9.10. The van der Waals surface area contributed by atoms with Crippen LogP contribution in [0, 0.1) is 11.3 Å². The highest BCUT2D eigenvalue weighted by Gasteiger charge is 2.14. The lowest BCUT2D eigenvalue weighted by Crippen LogP contribution is -2.03. The topological polar surface area (TPSA) is 67.6 Å². The first-order chi connectivity index (χ1) is 10.2. The lowest BCUT2D eigenvalue weighted by molar-refractivity contribution is 0.947. The van der Waals surface area contributed by atoms with E-state index in [1.807, 2.05) is 47.0 Å². The average Bonchev–Trinajstić information content (AvgIpc) is 2.85. The molecule has 0 saturated heterocycles. The Kier molecular flexibility index (Phi) is 3.74. The maximum Gasteiger partial charge on any atom is 0.128 e. The van der Waals surface area contributed by atoms with Crippen LogP contribution in [0.5, 0.6) is 0 Å². The second-order valence-electron chi connectivity index (χ2n) is 4.68. The number of para-hydroxylation sites is 2. The van der Waals surface area contributed by atoms with Gasteiger partial charge in [0, 0.05) is 11.0 Å². The molecule has 4 nitrogen and oxygen atoms in total. The van der Waals surface area contributed by atoms with Crippen molar-refractivity contribution in [1.82, 2.24) is 9.55 Å². The Morgan fingerprint density at radius 2 is 2.05 bits per heavy atom. The average molecular weight is 341 g/mol. The Hall–Kier alpha value is -2.16. The van der Waals surface area contributed by atoms with E-state index in [1.165, 1.54) is 0 Å². The van der Waals surface area contributed by atoms with Gasteiger partial charge in [0.15, 0.2) is 0 Å². The fraction of sp³-hybridized carbons (Fsp3) is 0.125. The molecular weight excluding hydrogens is 328 g/mol. The first-order valence-electron chi connectivity index (χ1n) is 6.56. The normalized spacial score (nSPS) is 10.7. The second-order valence-corrected chi connectivity index (χ2v) is 5.53. The molecule has 0 aliphatic heterocycles. The number of nitriles is 1. The van der Waals surface area contributed by atoms with E-state index < -0.39 is 0 Å². The van der Waals surface area contributed by atoms with E-state index in [0.29, 0.717) is 6.54 Å². The zero-order chi connectivity index (χ0) is 14.8. The highest BCUT2D eigenvalue weighted by atomic mass is 79.9. The third-order valence-electron chi connectivity index (χ3n) is 3.36. The van der Waals surface area contributed by atoms with Crippen LogP contribution in [0.25, 0.3) is 16.7 Å². The fourth-order valence-corrected chi connectivity index (χ4v) is 3.00. The summed E-state index contributed by atoms with van der Waals surface area (Å²) in [5.74, 6) is 0.736. The van der Waals surface area contributed by atoms with Crippen molar-refractivity contribution in [2.24, 2.45) is 5.73 Å². The van der Waals surface area contributed by atoms with Crippen molar-refractivity contribution < 1.29 is 0 Å². The Balaban J connectivity index is 2.28. The standard InChI is InChI=1S/C16H13BrN4/c17-12-9-11(10-19)5-6-14(12)21-15-4-2-1-3-13(15)20-16(21)7-8-18/h1-6,9H,7,10,19H2. The molecule has 0 amide bonds. The van der Waals surface area contributed by atoms with Crippen LogP contribution in [-0.4, -0.2) is 9.55 Å². The maximum absolute atomic E-state index is 9.04. The van der Waals surface area contributed by atoms with Gasteiger partial charge in [0.2, 0.25) is 0 Å². The van der Waals surface area contributed by atoms with Crippen LogP contribution in [0.3, 0.4) is 0 Å². The molecule has 0 radical (unpaired) electrons. The van der Waals surface area contributed by atoms with Crippen molar-refractivity contribution in [3.8, 4) is 11.8 Å². The van der Waals surface area contributed by atoms with Gasteiger partial charge >= 0.3 is 0 Å². The molecule has 0 fully saturated rings. The van der Waals surface area contributed by atoms with Crippen LogP contribution in [0.1, 0.15) is 11.4 Å². The van der Waals surface area contributed by atoms with Gasteiger partial charge in [0.05, 0.1) is 29.2 Å². The largest absolute Gasteiger partial charge is 0.326 e. The van der Waals surface area contributed by atoms with Crippen molar-refractivity contribution in [2.75, 3.05) is 0 Å². The maximum atomic E-state index is 9.04. The van der Waals surface area contributed by atoms with Crippen molar-refractivity contribution in [3.63, 3.8) is 0 Å². The molecule has 0 aliphatic carbocycles. The first kappa shape index (κ1) is 13.8. The van der Waals surface area contributed by atoms with Crippen molar-refractivity contribution in [2.45, 2.75) is 13.0 Å². The van der Waals surface area contributed by atoms with Gasteiger partial charge in [-0.2, -0.15) is 5.26 Å². The molecule has 3 aromatic rings.